The molecule has 0 amide bonds. The van der Waals surface area contributed by atoms with Crippen molar-refractivity contribution in [1.29, 1.82) is 0 Å². The Bertz CT molecular complexity index is 400. The van der Waals surface area contributed by atoms with Crippen molar-refractivity contribution in [2.45, 2.75) is 6.43 Å². The highest BCUT2D eigenvalue weighted by molar-refractivity contribution is 6.33. The van der Waals surface area contributed by atoms with E-state index >= 15 is 0 Å². The van der Waals surface area contributed by atoms with Gasteiger partial charge in [0.1, 0.15) is 10.6 Å². The smallest absolute Gasteiger partial charge is 0.374 e. The summed E-state index contributed by atoms with van der Waals surface area (Å²) in [5, 5.41) is 9.90. The van der Waals surface area contributed by atoms with Gasteiger partial charge in [-0.15, -0.1) is 0 Å². The molecule has 1 aromatic rings. The molecule has 0 fully saturated rings. The van der Waals surface area contributed by atoms with Gasteiger partial charge >= 0.3 is 5.82 Å². The first-order valence-corrected chi connectivity index (χ1v) is 4.01. The summed E-state index contributed by atoms with van der Waals surface area (Å²) in [5.41, 5.74) is -0.930. The molecule has 1 heterocycles. The third kappa shape index (κ3) is 2.12. The van der Waals surface area contributed by atoms with Crippen molar-refractivity contribution < 1.29 is 18.4 Å². The lowest BCUT2D eigenvalue weighted by Gasteiger charge is -2.06. The van der Waals surface area contributed by atoms with Crippen LogP contribution in [0.15, 0.2) is 6.20 Å². The van der Waals surface area contributed by atoms with Gasteiger partial charge in [-0.2, -0.15) is 0 Å². The average Bonchev–Trinajstić information content (AvgIpc) is 2.16. The van der Waals surface area contributed by atoms with Crippen LogP contribution in [-0.2, 0) is 0 Å². The van der Waals surface area contributed by atoms with Crippen molar-refractivity contribution in [3.05, 3.63) is 26.9 Å². The van der Waals surface area contributed by atoms with Gasteiger partial charge in [0.05, 0.1) is 7.11 Å². The predicted octanol–water partition coefficient (Wildman–Crippen LogP) is 2.59. The summed E-state index contributed by atoms with van der Waals surface area (Å²) < 4.78 is 29.6. The molecule has 0 unspecified atom stereocenters. The van der Waals surface area contributed by atoms with Crippen LogP contribution in [-0.4, -0.2) is 17.0 Å². The molecular formula is C7H5ClF2N2O3. The summed E-state index contributed by atoms with van der Waals surface area (Å²) in [6.45, 7) is 0. The fourth-order valence-corrected chi connectivity index (χ4v) is 1.25. The van der Waals surface area contributed by atoms with E-state index in [-0.39, 0.29) is 5.75 Å². The number of halogens is 3. The van der Waals surface area contributed by atoms with Gasteiger partial charge in [-0.25, -0.2) is 8.78 Å². The van der Waals surface area contributed by atoms with Crippen molar-refractivity contribution in [2.75, 3.05) is 7.11 Å². The quantitative estimate of drug-likeness (QED) is 0.600. The third-order valence-electron chi connectivity index (χ3n) is 1.61. The van der Waals surface area contributed by atoms with E-state index in [0.717, 1.165) is 6.20 Å². The number of rotatable bonds is 3. The number of pyridine rings is 1. The minimum absolute atomic E-state index is 0.127. The Labute approximate surface area is 87.8 Å². The molecule has 0 atom stereocenters. The lowest BCUT2D eigenvalue weighted by atomic mass is 10.2. The number of hydrogen-bond acceptors (Lipinski definition) is 4. The molecule has 82 valence electrons. The van der Waals surface area contributed by atoms with Gasteiger partial charge in [0.2, 0.25) is 0 Å². The molecular weight excluding hydrogens is 234 g/mol. The summed E-state index contributed by atoms with van der Waals surface area (Å²) in [6, 6.07) is 0. The van der Waals surface area contributed by atoms with Crippen LogP contribution in [0.4, 0.5) is 14.6 Å². The highest BCUT2D eigenvalue weighted by atomic mass is 35.5. The van der Waals surface area contributed by atoms with Crippen molar-refractivity contribution in [3.63, 3.8) is 0 Å². The fraction of sp³-hybridized carbons (Fsp3) is 0.286. The molecule has 0 spiro atoms. The molecule has 1 aromatic heterocycles. The Morgan fingerprint density at radius 2 is 2.27 bits per heavy atom. The molecule has 0 radical (unpaired) electrons. The number of nitro groups is 1. The maximum Gasteiger partial charge on any atom is 0.374 e. The molecule has 0 N–H and O–H groups in total. The SMILES string of the molecule is COc1cnc([N+](=O)[O-])c(C(F)F)c1Cl. The topological polar surface area (TPSA) is 65.3 Å². The maximum atomic E-state index is 12.5. The summed E-state index contributed by atoms with van der Waals surface area (Å²) in [6.07, 6.45) is -2.16. The highest BCUT2D eigenvalue weighted by Gasteiger charge is 2.29. The monoisotopic (exact) mass is 238 g/mol. The Hall–Kier alpha value is -1.50. The molecule has 0 aliphatic carbocycles. The zero-order valence-corrected chi connectivity index (χ0v) is 8.16. The van der Waals surface area contributed by atoms with Gasteiger partial charge in [0.15, 0.2) is 11.9 Å². The van der Waals surface area contributed by atoms with Crippen LogP contribution in [0.5, 0.6) is 5.75 Å². The van der Waals surface area contributed by atoms with Gasteiger partial charge in [-0.05, 0) is 9.91 Å². The van der Waals surface area contributed by atoms with Crippen LogP contribution < -0.4 is 4.74 Å². The normalized spacial score (nSPS) is 10.5. The summed E-state index contributed by atoms with van der Waals surface area (Å²) >= 11 is 5.50. The van der Waals surface area contributed by atoms with Gasteiger partial charge in [0, 0.05) is 0 Å². The van der Waals surface area contributed by atoms with E-state index in [1.54, 1.807) is 0 Å². The average molecular weight is 239 g/mol. The molecule has 15 heavy (non-hydrogen) atoms. The van der Waals surface area contributed by atoms with Gasteiger partial charge in [-0.3, -0.25) is 0 Å². The van der Waals surface area contributed by atoms with Gasteiger partial charge in [0.25, 0.3) is 6.43 Å². The van der Waals surface area contributed by atoms with Gasteiger partial charge in [-0.1, -0.05) is 11.6 Å². The lowest BCUT2D eigenvalue weighted by Crippen LogP contribution is -2.01. The molecule has 5 nitrogen and oxygen atoms in total. The van der Waals surface area contributed by atoms with Crippen LogP contribution in [0.2, 0.25) is 5.02 Å². The first-order valence-electron chi connectivity index (χ1n) is 3.64. The number of nitrogens with zero attached hydrogens (tertiary/aromatic N) is 2. The zero-order valence-electron chi connectivity index (χ0n) is 7.41. The third-order valence-corrected chi connectivity index (χ3v) is 2.00. The Morgan fingerprint density at radius 3 is 2.67 bits per heavy atom. The number of hydrogen-bond donors (Lipinski definition) is 0. The second-order valence-electron chi connectivity index (χ2n) is 2.44. The van der Waals surface area contributed by atoms with E-state index in [1.807, 2.05) is 0 Å². The summed E-state index contributed by atoms with van der Waals surface area (Å²) in [7, 11) is 1.20. The number of ether oxygens (including phenoxy) is 1. The zero-order chi connectivity index (χ0) is 11.6. The minimum Gasteiger partial charge on any atom is -0.491 e. The minimum atomic E-state index is -3.08. The number of methoxy groups -OCH3 is 1. The number of alkyl halides is 2. The maximum absolute atomic E-state index is 12.5. The van der Waals surface area contributed by atoms with Crippen LogP contribution in [0.1, 0.15) is 12.0 Å². The van der Waals surface area contributed by atoms with Crippen LogP contribution in [0.25, 0.3) is 0 Å². The van der Waals surface area contributed by atoms with Crippen LogP contribution >= 0.6 is 11.6 Å². The van der Waals surface area contributed by atoms with Crippen LogP contribution in [0, 0.1) is 10.1 Å². The molecule has 0 saturated heterocycles. The Kier molecular flexibility index (Phi) is 3.35. The lowest BCUT2D eigenvalue weighted by molar-refractivity contribution is -0.391. The number of aromatic nitrogens is 1. The van der Waals surface area contributed by atoms with Crippen LogP contribution in [0.3, 0.4) is 0 Å². The molecule has 0 aliphatic heterocycles. The first-order chi connectivity index (χ1) is 6.99. The molecule has 0 saturated carbocycles. The highest BCUT2D eigenvalue weighted by Crippen LogP contribution is 2.38. The second-order valence-corrected chi connectivity index (χ2v) is 2.81. The summed E-state index contributed by atoms with van der Waals surface area (Å²) in [4.78, 5) is 12.6. The molecule has 0 aliphatic rings. The van der Waals surface area contributed by atoms with E-state index in [4.69, 9.17) is 11.6 Å². The van der Waals surface area contributed by atoms with E-state index in [0.29, 0.717) is 0 Å². The second kappa shape index (κ2) is 4.35. The molecule has 1 rings (SSSR count). The Balaban J connectivity index is 3.44. The fourth-order valence-electron chi connectivity index (χ4n) is 0.958. The largest absolute Gasteiger partial charge is 0.491 e. The van der Waals surface area contributed by atoms with Crippen molar-refractivity contribution in [1.82, 2.24) is 4.98 Å². The molecule has 0 aromatic carbocycles. The Morgan fingerprint density at radius 1 is 1.67 bits per heavy atom. The van der Waals surface area contributed by atoms with E-state index in [9.17, 15) is 18.9 Å². The van der Waals surface area contributed by atoms with Crippen molar-refractivity contribution in [3.8, 4) is 5.75 Å². The van der Waals surface area contributed by atoms with Gasteiger partial charge < -0.3 is 14.9 Å². The molecule has 0 bridgehead atoms. The van der Waals surface area contributed by atoms with Crippen molar-refractivity contribution in [2.24, 2.45) is 0 Å². The first kappa shape index (κ1) is 11.6. The standard InChI is InChI=1S/C7H5ClF2N2O3/c1-15-3-2-11-7(12(13)14)4(5(3)8)6(9)10/h2,6H,1H3. The van der Waals surface area contributed by atoms with E-state index < -0.39 is 27.8 Å². The van der Waals surface area contributed by atoms with E-state index in [2.05, 4.69) is 9.72 Å². The predicted molar refractivity (Wildman–Crippen MR) is 47.4 cm³/mol. The molecule has 8 heteroatoms. The van der Waals surface area contributed by atoms with Crippen molar-refractivity contribution >= 4 is 17.4 Å². The van der Waals surface area contributed by atoms with E-state index in [1.165, 1.54) is 7.11 Å². The summed E-state index contributed by atoms with van der Waals surface area (Å²) in [5.74, 6) is -1.09.